The molecule has 1 N–H and O–H groups in total. The van der Waals surface area contributed by atoms with E-state index in [-0.39, 0.29) is 0 Å². The molecule has 1 aromatic heterocycles. The van der Waals surface area contributed by atoms with Gasteiger partial charge in [0.1, 0.15) is 5.82 Å². The van der Waals surface area contributed by atoms with Gasteiger partial charge in [-0.25, -0.2) is 4.98 Å². The molecule has 0 aromatic carbocycles. The summed E-state index contributed by atoms with van der Waals surface area (Å²) in [5.41, 5.74) is 1.24. The highest BCUT2D eigenvalue weighted by Gasteiger charge is 2.17. The number of aromatic nitrogens is 2. The second-order valence-corrected chi connectivity index (χ2v) is 3.65. The quantitative estimate of drug-likeness (QED) is 0.710. The van der Waals surface area contributed by atoms with Gasteiger partial charge in [0, 0.05) is 36.8 Å². The lowest BCUT2D eigenvalue weighted by Gasteiger charge is -2.20. The van der Waals surface area contributed by atoms with Gasteiger partial charge >= 0.3 is 0 Å². The normalized spacial score (nSPS) is 19.2. The van der Waals surface area contributed by atoms with Crippen LogP contribution in [0.2, 0.25) is 0 Å². The molecule has 2 rings (SSSR count). The lowest BCUT2D eigenvalue weighted by molar-refractivity contribution is 0.0846. The van der Waals surface area contributed by atoms with Gasteiger partial charge in [-0.1, -0.05) is 0 Å². The fourth-order valence-electron chi connectivity index (χ4n) is 1.68. The van der Waals surface area contributed by atoms with Gasteiger partial charge in [0.25, 0.3) is 0 Å². The molecule has 0 amide bonds. The zero-order valence-electron chi connectivity index (χ0n) is 7.49. The molecule has 3 nitrogen and oxygen atoms in total. The topological polar surface area (TPSA) is 37.9 Å². The van der Waals surface area contributed by atoms with E-state index < -0.39 is 0 Å². The smallest absolute Gasteiger partial charge is 0.115 e. The molecule has 0 atom stereocenters. The Morgan fingerprint density at radius 3 is 2.92 bits per heavy atom. The maximum atomic E-state index is 5.30. The number of thiol groups is 1. The van der Waals surface area contributed by atoms with E-state index in [9.17, 15) is 0 Å². The maximum Gasteiger partial charge on any atom is 0.115 e. The van der Waals surface area contributed by atoms with Crippen molar-refractivity contribution in [3.05, 3.63) is 17.7 Å². The van der Waals surface area contributed by atoms with Crippen molar-refractivity contribution < 1.29 is 4.74 Å². The molecule has 0 saturated carbocycles. The first kappa shape index (κ1) is 9.09. The Hall–Kier alpha value is -0.480. The van der Waals surface area contributed by atoms with Crippen LogP contribution in [-0.2, 0) is 10.5 Å². The first-order valence-corrected chi connectivity index (χ1v) is 5.26. The first-order chi connectivity index (χ1) is 6.40. The van der Waals surface area contributed by atoms with Crippen LogP contribution in [-0.4, -0.2) is 23.2 Å². The van der Waals surface area contributed by atoms with Crippen LogP contribution >= 0.6 is 12.6 Å². The summed E-state index contributed by atoms with van der Waals surface area (Å²) in [5.74, 6) is 2.25. The number of aromatic amines is 1. The van der Waals surface area contributed by atoms with Crippen molar-refractivity contribution in [1.29, 1.82) is 0 Å². The van der Waals surface area contributed by atoms with E-state index in [0.717, 1.165) is 31.9 Å². The summed E-state index contributed by atoms with van der Waals surface area (Å²) in [4.78, 5) is 7.53. The number of nitrogens with zero attached hydrogens (tertiary/aromatic N) is 1. The molecule has 1 aliphatic heterocycles. The Morgan fingerprint density at radius 1 is 1.54 bits per heavy atom. The molecule has 13 heavy (non-hydrogen) atoms. The summed E-state index contributed by atoms with van der Waals surface area (Å²) in [6.45, 7) is 1.75. The summed E-state index contributed by atoms with van der Waals surface area (Å²) in [6, 6.07) is 0. The molecule has 0 radical (unpaired) electrons. The second-order valence-electron chi connectivity index (χ2n) is 3.33. The Balaban J connectivity index is 2.05. The van der Waals surface area contributed by atoms with Crippen LogP contribution in [0.15, 0.2) is 6.20 Å². The van der Waals surface area contributed by atoms with Gasteiger partial charge < -0.3 is 9.72 Å². The zero-order chi connectivity index (χ0) is 9.10. The van der Waals surface area contributed by atoms with E-state index in [2.05, 4.69) is 22.6 Å². The van der Waals surface area contributed by atoms with E-state index >= 15 is 0 Å². The Labute approximate surface area is 83.3 Å². The van der Waals surface area contributed by atoms with Crippen molar-refractivity contribution in [2.75, 3.05) is 13.2 Å². The van der Waals surface area contributed by atoms with E-state index in [1.165, 1.54) is 5.69 Å². The van der Waals surface area contributed by atoms with Crippen LogP contribution in [0.1, 0.15) is 30.3 Å². The minimum atomic E-state index is 0.606. The highest BCUT2D eigenvalue weighted by Crippen LogP contribution is 2.25. The Morgan fingerprint density at radius 2 is 2.31 bits per heavy atom. The van der Waals surface area contributed by atoms with Crippen molar-refractivity contribution >= 4 is 12.6 Å². The molecular weight excluding hydrogens is 184 g/mol. The Bertz CT molecular complexity index is 268. The van der Waals surface area contributed by atoms with Crippen molar-refractivity contribution in [3.63, 3.8) is 0 Å². The standard InChI is InChI=1S/C9H14N2OS/c13-6-9-10-5-8(11-9)7-1-3-12-4-2-7/h5,7,13H,1-4,6H2,(H,10,11). The summed E-state index contributed by atoms with van der Waals surface area (Å²) < 4.78 is 5.30. The van der Waals surface area contributed by atoms with Crippen LogP contribution in [0.3, 0.4) is 0 Å². The molecule has 0 unspecified atom stereocenters. The summed E-state index contributed by atoms with van der Waals surface area (Å²) in [7, 11) is 0. The zero-order valence-corrected chi connectivity index (χ0v) is 8.39. The summed E-state index contributed by atoms with van der Waals surface area (Å²) in [5, 5.41) is 0. The molecule has 1 aromatic rings. The number of hydrogen-bond acceptors (Lipinski definition) is 3. The molecule has 0 aliphatic carbocycles. The summed E-state index contributed by atoms with van der Waals surface area (Å²) >= 11 is 4.17. The monoisotopic (exact) mass is 198 g/mol. The molecule has 1 saturated heterocycles. The summed E-state index contributed by atoms with van der Waals surface area (Å²) in [6.07, 6.45) is 4.14. The minimum absolute atomic E-state index is 0.606. The highest BCUT2D eigenvalue weighted by atomic mass is 32.1. The average Bonchev–Trinajstić information content (AvgIpc) is 2.67. The second kappa shape index (κ2) is 4.15. The van der Waals surface area contributed by atoms with Gasteiger partial charge in [-0.05, 0) is 12.8 Å². The third-order valence-corrected chi connectivity index (χ3v) is 2.76. The number of hydrogen-bond donors (Lipinski definition) is 2. The van der Waals surface area contributed by atoms with Crippen LogP contribution in [0.4, 0.5) is 0 Å². The van der Waals surface area contributed by atoms with Crippen molar-refractivity contribution in [2.45, 2.75) is 24.5 Å². The van der Waals surface area contributed by atoms with Crippen molar-refractivity contribution in [3.8, 4) is 0 Å². The highest BCUT2D eigenvalue weighted by molar-refractivity contribution is 7.79. The molecule has 1 aliphatic rings. The molecule has 0 bridgehead atoms. The number of imidazole rings is 1. The minimum Gasteiger partial charge on any atom is -0.381 e. The van der Waals surface area contributed by atoms with E-state index in [1.54, 1.807) is 0 Å². The largest absolute Gasteiger partial charge is 0.381 e. The number of ether oxygens (including phenoxy) is 1. The van der Waals surface area contributed by atoms with Gasteiger partial charge in [-0.3, -0.25) is 0 Å². The van der Waals surface area contributed by atoms with E-state index in [4.69, 9.17) is 4.74 Å². The fourth-order valence-corrected chi connectivity index (χ4v) is 1.84. The predicted octanol–water partition coefficient (Wildman–Crippen LogP) is 1.73. The SMILES string of the molecule is SCc1ncc(C2CCOCC2)[nH]1. The number of H-pyrrole nitrogens is 1. The average molecular weight is 198 g/mol. The lowest BCUT2D eigenvalue weighted by Crippen LogP contribution is -2.14. The third kappa shape index (κ3) is 2.06. The van der Waals surface area contributed by atoms with Crippen LogP contribution in [0, 0.1) is 0 Å². The van der Waals surface area contributed by atoms with Crippen LogP contribution in [0.5, 0.6) is 0 Å². The van der Waals surface area contributed by atoms with Crippen LogP contribution < -0.4 is 0 Å². The van der Waals surface area contributed by atoms with Gasteiger partial charge in [-0.2, -0.15) is 12.6 Å². The molecule has 4 heteroatoms. The van der Waals surface area contributed by atoms with Crippen molar-refractivity contribution in [1.82, 2.24) is 9.97 Å². The van der Waals surface area contributed by atoms with Gasteiger partial charge in [0.05, 0.1) is 0 Å². The molecular formula is C9H14N2OS. The van der Waals surface area contributed by atoms with Crippen molar-refractivity contribution in [2.24, 2.45) is 0 Å². The van der Waals surface area contributed by atoms with E-state index in [1.807, 2.05) is 6.20 Å². The molecule has 0 spiro atoms. The molecule has 1 fully saturated rings. The molecule has 72 valence electrons. The fraction of sp³-hybridized carbons (Fsp3) is 0.667. The Kier molecular flexibility index (Phi) is 2.90. The maximum absolute atomic E-state index is 5.30. The van der Waals surface area contributed by atoms with Gasteiger partial charge in [-0.15, -0.1) is 0 Å². The molecule has 2 heterocycles. The number of rotatable bonds is 2. The lowest BCUT2D eigenvalue weighted by atomic mass is 9.97. The first-order valence-electron chi connectivity index (χ1n) is 4.62. The third-order valence-electron chi connectivity index (χ3n) is 2.46. The predicted molar refractivity (Wildman–Crippen MR) is 54.1 cm³/mol. The van der Waals surface area contributed by atoms with E-state index in [0.29, 0.717) is 11.7 Å². The van der Waals surface area contributed by atoms with Gasteiger partial charge in [0.15, 0.2) is 0 Å². The van der Waals surface area contributed by atoms with Crippen LogP contribution in [0.25, 0.3) is 0 Å². The number of nitrogens with one attached hydrogen (secondary N) is 1. The van der Waals surface area contributed by atoms with Gasteiger partial charge in [0.2, 0.25) is 0 Å².